The summed E-state index contributed by atoms with van der Waals surface area (Å²) < 4.78 is 41.2. The highest BCUT2D eigenvalue weighted by Crippen LogP contribution is 2.36. The van der Waals surface area contributed by atoms with Crippen LogP contribution in [0.2, 0.25) is 0 Å². The minimum Gasteiger partial charge on any atom is -0.392 e. The Hall–Kier alpha value is -3.28. The number of anilines is 1. The Bertz CT molecular complexity index is 1370. The fourth-order valence-corrected chi connectivity index (χ4v) is 5.64. The normalized spacial score (nSPS) is 22.4. The number of likely N-dealkylation sites (N-methyl/N-ethyl adjacent to an activating group) is 1. The fraction of sp³-hybridized carbons (Fsp3) is 0.464. The van der Waals surface area contributed by atoms with Crippen LogP contribution in [0.25, 0.3) is 10.9 Å². The van der Waals surface area contributed by atoms with E-state index in [2.05, 4.69) is 15.3 Å². The van der Waals surface area contributed by atoms with Crippen molar-refractivity contribution < 1.29 is 28.2 Å². The van der Waals surface area contributed by atoms with Gasteiger partial charge in [-0.25, -0.2) is 13.2 Å². The van der Waals surface area contributed by atoms with Crippen molar-refractivity contribution in [2.45, 2.75) is 56.4 Å². The van der Waals surface area contributed by atoms with Crippen LogP contribution in [0.5, 0.6) is 0 Å². The molecule has 39 heavy (non-hydrogen) atoms. The van der Waals surface area contributed by atoms with Crippen LogP contribution < -0.4 is 5.32 Å². The molecule has 0 bridgehead atoms. The van der Waals surface area contributed by atoms with E-state index in [4.69, 9.17) is 0 Å². The van der Waals surface area contributed by atoms with Crippen LogP contribution in [0.1, 0.15) is 55.5 Å². The van der Waals surface area contributed by atoms with E-state index >= 15 is 0 Å². The molecule has 3 atom stereocenters. The van der Waals surface area contributed by atoms with Crippen LogP contribution in [0, 0.1) is 5.82 Å². The lowest BCUT2D eigenvalue weighted by Crippen LogP contribution is -2.50. The molecule has 1 amide bonds. The Morgan fingerprint density at radius 2 is 1.90 bits per heavy atom. The molecule has 0 radical (unpaired) electrons. The van der Waals surface area contributed by atoms with Crippen molar-refractivity contribution in [2.75, 3.05) is 32.0 Å². The standard InChI is InChI=1S/C28H32F3N5O3/c1-16(18-4-3-5-19(25(18)29)26(30)31)34-21-6-9-32-22-14-33-24(13-20(21)22)28(39)7-10-36(11-8-28)27(38)23-12-17(37)15-35(23)2/h3-6,9,13-14,16-17,23,26,37,39H,7-8,10-12,15H2,1-2H3,(H,32,34)/t16-,17+,23-/m1/s1. The number of nitrogens with one attached hydrogen (secondary N) is 1. The first-order valence-corrected chi connectivity index (χ1v) is 13.0. The molecule has 2 aliphatic rings. The summed E-state index contributed by atoms with van der Waals surface area (Å²) in [5.74, 6) is -0.988. The Balaban J connectivity index is 1.35. The van der Waals surface area contributed by atoms with E-state index in [0.717, 1.165) is 6.07 Å². The van der Waals surface area contributed by atoms with Gasteiger partial charge in [0.2, 0.25) is 5.91 Å². The van der Waals surface area contributed by atoms with Crippen LogP contribution >= 0.6 is 0 Å². The van der Waals surface area contributed by atoms with E-state index < -0.39 is 35.6 Å². The number of aliphatic hydroxyl groups is 2. The second-order valence-electron chi connectivity index (χ2n) is 10.6. The molecule has 4 heterocycles. The highest BCUT2D eigenvalue weighted by molar-refractivity contribution is 5.91. The van der Waals surface area contributed by atoms with Gasteiger partial charge in [0, 0.05) is 42.5 Å². The number of likely N-dealkylation sites (tertiary alicyclic amines) is 2. The predicted molar refractivity (Wildman–Crippen MR) is 140 cm³/mol. The Labute approximate surface area is 224 Å². The van der Waals surface area contributed by atoms with Gasteiger partial charge in [0.15, 0.2) is 0 Å². The maximum atomic E-state index is 14.8. The van der Waals surface area contributed by atoms with E-state index in [0.29, 0.717) is 61.2 Å². The number of pyridine rings is 2. The zero-order valence-corrected chi connectivity index (χ0v) is 21.8. The van der Waals surface area contributed by atoms with Gasteiger partial charge < -0.3 is 20.4 Å². The predicted octanol–water partition coefficient (Wildman–Crippen LogP) is 3.75. The molecule has 5 rings (SSSR count). The molecule has 1 aromatic carbocycles. The van der Waals surface area contributed by atoms with Gasteiger partial charge >= 0.3 is 0 Å². The highest BCUT2D eigenvalue weighted by Gasteiger charge is 2.41. The van der Waals surface area contributed by atoms with Crippen LogP contribution in [0.3, 0.4) is 0 Å². The number of hydrogen-bond donors (Lipinski definition) is 3. The lowest BCUT2D eigenvalue weighted by Gasteiger charge is -2.39. The Kier molecular flexibility index (Phi) is 7.49. The summed E-state index contributed by atoms with van der Waals surface area (Å²) in [5.41, 5.74) is -0.209. The van der Waals surface area contributed by atoms with Crippen LogP contribution in [0.4, 0.5) is 18.9 Å². The van der Waals surface area contributed by atoms with Crippen LogP contribution in [0.15, 0.2) is 42.7 Å². The number of β-amino-alcohol motifs (C(OH)–C–C–N with tert-alkyl or cyclic N) is 1. The molecule has 208 valence electrons. The topological polar surface area (TPSA) is 102 Å². The molecule has 0 unspecified atom stereocenters. The number of nitrogens with zero attached hydrogens (tertiary/aromatic N) is 4. The second kappa shape index (κ2) is 10.7. The first-order chi connectivity index (χ1) is 18.6. The number of alkyl halides is 2. The number of aliphatic hydroxyl groups excluding tert-OH is 1. The quantitative estimate of drug-likeness (QED) is 0.435. The van der Waals surface area contributed by atoms with Gasteiger partial charge in [0.25, 0.3) is 6.43 Å². The Morgan fingerprint density at radius 3 is 2.56 bits per heavy atom. The van der Waals surface area contributed by atoms with Crippen LogP contribution in [-0.4, -0.2) is 74.7 Å². The van der Waals surface area contributed by atoms with E-state index in [-0.39, 0.29) is 17.5 Å². The monoisotopic (exact) mass is 543 g/mol. The van der Waals surface area contributed by atoms with E-state index in [1.54, 1.807) is 36.4 Å². The summed E-state index contributed by atoms with van der Waals surface area (Å²) in [7, 11) is 1.82. The van der Waals surface area contributed by atoms with Crippen molar-refractivity contribution in [1.82, 2.24) is 19.8 Å². The fourth-order valence-electron chi connectivity index (χ4n) is 5.64. The maximum Gasteiger partial charge on any atom is 0.266 e. The molecule has 3 aromatic rings. The molecule has 2 aliphatic heterocycles. The number of amides is 1. The van der Waals surface area contributed by atoms with Crippen molar-refractivity contribution in [1.29, 1.82) is 0 Å². The van der Waals surface area contributed by atoms with E-state index in [1.165, 1.54) is 12.1 Å². The summed E-state index contributed by atoms with van der Waals surface area (Å²) in [6.07, 6.45) is 0.684. The first kappa shape index (κ1) is 27.3. The van der Waals surface area contributed by atoms with Gasteiger partial charge in [0.1, 0.15) is 11.4 Å². The van der Waals surface area contributed by atoms with Gasteiger partial charge in [-0.15, -0.1) is 0 Å². The summed E-state index contributed by atoms with van der Waals surface area (Å²) >= 11 is 0. The summed E-state index contributed by atoms with van der Waals surface area (Å²) in [6, 6.07) is 6.40. The highest BCUT2D eigenvalue weighted by atomic mass is 19.3. The van der Waals surface area contributed by atoms with Crippen molar-refractivity contribution in [2.24, 2.45) is 0 Å². The largest absolute Gasteiger partial charge is 0.392 e. The smallest absolute Gasteiger partial charge is 0.266 e. The molecule has 0 aliphatic carbocycles. The first-order valence-electron chi connectivity index (χ1n) is 13.0. The second-order valence-corrected chi connectivity index (χ2v) is 10.6. The van der Waals surface area contributed by atoms with Gasteiger partial charge in [-0.1, -0.05) is 18.2 Å². The van der Waals surface area contributed by atoms with E-state index in [1.807, 2.05) is 11.9 Å². The average molecular weight is 544 g/mol. The molecule has 2 saturated heterocycles. The van der Waals surface area contributed by atoms with Crippen LogP contribution in [-0.2, 0) is 10.4 Å². The van der Waals surface area contributed by atoms with Crippen molar-refractivity contribution in [3.8, 4) is 0 Å². The minimum atomic E-state index is -2.92. The third-order valence-electron chi connectivity index (χ3n) is 7.95. The SMILES string of the molecule is C[C@@H](Nc1ccnc2cnc(C3(O)CCN(C(=O)[C@H]4C[C@H](O)CN4C)CC3)cc12)c1cccc(C(F)F)c1F. The van der Waals surface area contributed by atoms with Gasteiger partial charge in [-0.05, 0) is 45.4 Å². The average Bonchev–Trinajstić information content (AvgIpc) is 3.26. The zero-order valence-electron chi connectivity index (χ0n) is 21.8. The number of carbonyl (C=O) groups is 1. The third-order valence-corrected chi connectivity index (χ3v) is 7.95. The Morgan fingerprint density at radius 1 is 1.18 bits per heavy atom. The number of benzene rings is 1. The number of aromatic nitrogens is 2. The third kappa shape index (κ3) is 5.30. The number of carbonyl (C=O) groups excluding carboxylic acids is 1. The summed E-state index contributed by atoms with van der Waals surface area (Å²) in [6.45, 7) is 2.85. The lowest BCUT2D eigenvalue weighted by molar-refractivity contribution is -0.140. The van der Waals surface area contributed by atoms with Gasteiger partial charge in [0.05, 0.1) is 41.2 Å². The molecule has 2 fully saturated rings. The minimum absolute atomic E-state index is 0.0459. The molecule has 11 heteroatoms. The molecular weight excluding hydrogens is 511 g/mol. The van der Waals surface area contributed by atoms with Crippen molar-refractivity contribution in [3.63, 3.8) is 0 Å². The number of halogens is 3. The zero-order chi connectivity index (χ0) is 27.9. The molecule has 0 spiro atoms. The van der Waals surface area contributed by atoms with Crippen molar-refractivity contribution in [3.05, 3.63) is 65.4 Å². The van der Waals surface area contributed by atoms with E-state index in [9.17, 15) is 28.2 Å². The molecular formula is C28H32F3N5O3. The molecule has 2 aromatic heterocycles. The van der Waals surface area contributed by atoms with Gasteiger partial charge in [-0.3, -0.25) is 19.7 Å². The number of hydrogen-bond acceptors (Lipinski definition) is 7. The molecule has 0 saturated carbocycles. The summed E-state index contributed by atoms with van der Waals surface area (Å²) in [5, 5.41) is 25.3. The number of piperidine rings is 1. The molecule has 3 N–H and O–H groups in total. The maximum absolute atomic E-state index is 14.8. The summed E-state index contributed by atoms with van der Waals surface area (Å²) in [4.78, 5) is 25.4. The molecule has 8 nitrogen and oxygen atoms in total. The number of fused-ring (bicyclic) bond motifs is 1. The number of rotatable bonds is 6. The van der Waals surface area contributed by atoms with Crippen molar-refractivity contribution >= 4 is 22.5 Å². The van der Waals surface area contributed by atoms with Gasteiger partial charge in [-0.2, -0.15) is 0 Å². The lowest BCUT2D eigenvalue weighted by atomic mass is 9.87.